The van der Waals surface area contributed by atoms with Crippen LogP contribution in [-0.4, -0.2) is 74.6 Å². The number of rotatable bonds is 17. The molecule has 2 amide bonds. The lowest BCUT2D eigenvalue weighted by molar-refractivity contribution is 0.0500. The third-order valence-electron chi connectivity index (χ3n) is 12.5. The Morgan fingerprint density at radius 2 is 0.982 bits per heavy atom. The minimum Gasteiger partial charge on any atom is -0.462 e. The van der Waals surface area contributed by atoms with E-state index in [0.717, 1.165) is 141 Å². The molecule has 0 aromatic heterocycles. The van der Waals surface area contributed by atoms with E-state index in [2.05, 4.69) is 30.6 Å². The summed E-state index contributed by atoms with van der Waals surface area (Å²) in [5, 5.41) is 6.64. The Labute approximate surface area is 335 Å². The number of ether oxygens (including phenoxy) is 2. The van der Waals surface area contributed by atoms with Crippen molar-refractivity contribution in [2.75, 3.05) is 55.7 Å². The minimum atomic E-state index is -0.449. The highest BCUT2D eigenvalue weighted by Gasteiger charge is 2.36. The quantitative estimate of drug-likeness (QED) is 0.0303. The molecule has 0 bridgehead atoms. The van der Waals surface area contributed by atoms with Crippen molar-refractivity contribution >= 4 is 78.2 Å². The van der Waals surface area contributed by atoms with Gasteiger partial charge in [-0.25, -0.2) is 9.59 Å². The Kier molecular flexibility index (Phi) is 11.5. The number of esters is 2. The first-order valence-electron chi connectivity index (χ1n) is 21.9. The Morgan fingerprint density at radius 3 is 1.46 bits per heavy atom. The van der Waals surface area contributed by atoms with Gasteiger partial charge in [-0.3, -0.25) is 14.5 Å². The minimum absolute atomic E-state index is 0.240. The summed E-state index contributed by atoms with van der Waals surface area (Å²) in [6.07, 6.45) is 13.8. The van der Waals surface area contributed by atoms with Gasteiger partial charge in [0.05, 0.1) is 24.3 Å². The van der Waals surface area contributed by atoms with Gasteiger partial charge in [0.1, 0.15) is 0 Å². The second-order valence-electron chi connectivity index (χ2n) is 16.4. The molecule has 8 rings (SSSR count). The predicted octanol–water partition coefficient (Wildman–Crippen LogP) is 10.8. The van der Waals surface area contributed by atoms with Gasteiger partial charge in [0, 0.05) is 82.2 Å². The molecule has 57 heavy (non-hydrogen) atoms. The van der Waals surface area contributed by atoms with Gasteiger partial charge in [0.2, 0.25) is 0 Å². The fourth-order valence-corrected chi connectivity index (χ4v) is 9.57. The number of fused-ring (bicyclic) bond motifs is 2. The lowest BCUT2D eigenvalue weighted by Crippen LogP contribution is -2.40. The maximum Gasteiger partial charge on any atom is 0.338 e. The van der Waals surface area contributed by atoms with E-state index in [1.165, 1.54) is 24.2 Å². The third kappa shape index (κ3) is 6.95. The summed E-state index contributed by atoms with van der Waals surface area (Å²) in [6, 6.07) is 11.8. The summed E-state index contributed by atoms with van der Waals surface area (Å²) in [5.41, 5.74) is 3.66. The molecule has 2 fully saturated rings. The number of hydrogen-bond donors (Lipinski definition) is 0. The van der Waals surface area contributed by atoms with Crippen molar-refractivity contribution in [3.05, 3.63) is 58.7 Å². The van der Waals surface area contributed by atoms with Crippen LogP contribution >= 0.6 is 0 Å². The lowest BCUT2D eigenvalue weighted by Gasteiger charge is -2.31. The van der Waals surface area contributed by atoms with E-state index in [0.29, 0.717) is 39.6 Å². The van der Waals surface area contributed by atoms with Crippen LogP contribution in [0.5, 0.6) is 0 Å². The fourth-order valence-electron chi connectivity index (χ4n) is 9.57. The summed E-state index contributed by atoms with van der Waals surface area (Å²) in [5.74, 6) is -1.38. The van der Waals surface area contributed by atoms with Crippen LogP contribution in [0.15, 0.2) is 36.4 Å². The first-order valence-corrected chi connectivity index (χ1v) is 21.9. The molecule has 0 atom stereocenters. The van der Waals surface area contributed by atoms with Gasteiger partial charge in [0.15, 0.2) is 0 Å². The topological polar surface area (TPSA) is 96.5 Å². The van der Waals surface area contributed by atoms with Crippen molar-refractivity contribution in [1.29, 1.82) is 0 Å². The summed E-state index contributed by atoms with van der Waals surface area (Å²) in [4.78, 5) is 63.5. The predicted molar refractivity (Wildman–Crippen MR) is 230 cm³/mol. The highest BCUT2D eigenvalue weighted by molar-refractivity contribution is 6.43. The summed E-state index contributed by atoms with van der Waals surface area (Å²) < 4.78 is 11.9. The van der Waals surface area contributed by atoms with Gasteiger partial charge < -0.3 is 19.3 Å². The number of carbonyl (C=O) groups excluding carboxylic acids is 4. The van der Waals surface area contributed by atoms with Crippen LogP contribution in [0, 0.1) is 0 Å². The summed E-state index contributed by atoms with van der Waals surface area (Å²) in [6.45, 7) is 10.6. The van der Waals surface area contributed by atoms with Gasteiger partial charge in [-0.2, -0.15) is 0 Å². The molecule has 0 radical (unpaired) electrons. The number of benzene rings is 5. The number of unbranched alkanes of at least 4 members (excludes halogenated alkanes) is 7. The molecule has 0 spiro atoms. The van der Waals surface area contributed by atoms with Crippen molar-refractivity contribution in [2.45, 2.75) is 111 Å². The van der Waals surface area contributed by atoms with Crippen molar-refractivity contribution in [2.24, 2.45) is 0 Å². The van der Waals surface area contributed by atoms with Crippen molar-refractivity contribution in [1.82, 2.24) is 4.90 Å². The largest absolute Gasteiger partial charge is 0.462 e. The average Bonchev–Trinajstić information content (AvgIpc) is 3.97. The Morgan fingerprint density at radius 1 is 0.526 bits per heavy atom. The van der Waals surface area contributed by atoms with Crippen LogP contribution in [-0.2, 0) is 9.47 Å². The molecule has 0 aliphatic carbocycles. The van der Waals surface area contributed by atoms with Crippen molar-refractivity contribution in [3.8, 4) is 0 Å². The van der Waals surface area contributed by atoms with Crippen molar-refractivity contribution in [3.63, 3.8) is 0 Å². The van der Waals surface area contributed by atoms with E-state index in [9.17, 15) is 19.2 Å². The molecular formula is C48H57N3O6. The Hall–Kier alpha value is -4.92. The number of carbonyl (C=O) groups is 4. The lowest BCUT2D eigenvalue weighted by atomic mass is 9.81. The number of imide groups is 1. The SMILES string of the molecule is CCCCCCCCN1C(=O)c2ccc3c4c(N5CCCC5)cc(C(=O)OCCCC)c5c(C(=O)OCCCC)cc(N6CCCC6)c(c6ccc(c2c36)C1=O)c54. The second kappa shape index (κ2) is 16.9. The standard InChI is InChI=1S/C48H57N3O6/c1-4-7-10-11-12-13-26-51-45(52)33-20-18-31-39-32(19-21-34(40(33)39)46(51)53)43-38(50-24-16-17-25-50)30-36(48(55)57-28-9-6-3)41-35(47(54)56-27-8-5-2)29-37(42(31)44(41)43)49-22-14-15-23-49/h18-21,29-30H,4-17,22-28H2,1-3H3. The first kappa shape index (κ1) is 38.9. The molecule has 0 N–H and O–H groups in total. The Bertz CT molecular complexity index is 2190. The number of amides is 2. The molecule has 2 saturated heterocycles. The molecule has 3 heterocycles. The molecule has 5 aromatic rings. The molecule has 300 valence electrons. The molecule has 5 aromatic carbocycles. The van der Waals surface area contributed by atoms with E-state index in [-0.39, 0.29) is 25.0 Å². The van der Waals surface area contributed by atoms with E-state index in [1.54, 1.807) is 0 Å². The number of anilines is 2. The molecule has 9 nitrogen and oxygen atoms in total. The van der Waals surface area contributed by atoms with Crippen LogP contribution in [0.4, 0.5) is 11.4 Å². The zero-order valence-corrected chi connectivity index (χ0v) is 34.1. The van der Waals surface area contributed by atoms with E-state index in [1.807, 2.05) is 36.4 Å². The van der Waals surface area contributed by atoms with Gasteiger partial charge >= 0.3 is 11.9 Å². The summed E-state index contributed by atoms with van der Waals surface area (Å²) >= 11 is 0. The van der Waals surface area contributed by atoms with E-state index in [4.69, 9.17) is 9.47 Å². The average molecular weight is 772 g/mol. The van der Waals surface area contributed by atoms with Crippen LogP contribution < -0.4 is 9.80 Å². The monoisotopic (exact) mass is 771 g/mol. The first-order chi connectivity index (χ1) is 27.9. The Balaban J connectivity index is 1.43. The van der Waals surface area contributed by atoms with Gasteiger partial charge in [0.25, 0.3) is 11.8 Å². The van der Waals surface area contributed by atoms with Crippen LogP contribution in [0.2, 0.25) is 0 Å². The number of hydrogen-bond acceptors (Lipinski definition) is 8. The zero-order chi connectivity index (χ0) is 39.6. The van der Waals surface area contributed by atoms with Crippen molar-refractivity contribution < 1.29 is 28.7 Å². The maximum atomic E-state index is 14.3. The maximum absolute atomic E-state index is 14.3. The molecule has 0 saturated carbocycles. The molecule has 3 aliphatic rings. The molecule has 0 unspecified atom stereocenters. The highest BCUT2D eigenvalue weighted by atomic mass is 16.5. The third-order valence-corrected chi connectivity index (χ3v) is 12.5. The van der Waals surface area contributed by atoms with Crippen LogP contribution in [0.1, 0.15) is 152 Å². The molecule has 3 aliphatic heterocycles. The fraction of sp³-hybridized carbons (Fsp3) is 0.500. The highest BCUT2D eigenvalue weighted by Crippen LogP contribution is 2.52. The van der Waals surface area contributed by atoms with Gasteiger partial charge in [-0.1, -0.05) is 77.8 Å². The van der Waals surface area contributed by atoms with Gasteiger partial charge in [-0.15, -0.1) is 0 Å². The van der Waals surface area contributed by atoms with Gasteiger partial charge in [-0.05, 0) is 85.4 Å². The van der Waals surface area contributed by atoms with Crippen LogP contribution in [0.25, 0.3) is 43.1 Å². The molecule has 9 heteroatoms. The normalized spacial score (nSPS) is 15.7. The van der Waals surface area contributed by atoms with E-state index < -0.39 is 11.9 Å². The summed E-state index contributed by atoms with van der Waals surface area (Å²) in [7, 11) is 0. The van der Waals surface area contributed by atoms with Crippen LogP contribution in [0.3, 0.4) is 0 Å². The number of nitrogens with zero attached hydrogens (tertiary/aromatic N) is 3. The zero-order valence-electron chi connectivity index (χ0n) is 34.1. The second-order valence-corrected chi connectivity index (χ2v) is 16.4. The molecular weight excluding hydrogens is 715 g/mol. The smallest absolute Gasteiger partial charge is 0.338 e. The van der Waals surface area contributed by atoms with E-state index >= 15 is 0 Å².